The molecule has 0 saturated carbocycles. The monoisotopic (exact) mass is 564 g/mol. The van der Waals surface area contributed by atoms with Crippen LogP contribution in [0.4, 0.5) is 28.4 Å². The molecule has 208 valence electrons. The molecule has 0 amide bonds. The summed E-state index contributed by atoms with van der Waals surface area (Å²) in [6.45, 7) is 9.55. The van der Waals surface area contributed by atoms with Gasteiger partial charge in [0.25, 0.3) is 5.56 Å². The SMILES string of the molecule is CN=Nc1cc(C)c(N=Nc2ccc3c(C)c(N=Nc4c(C)[nH]n(C)c4=O)ccc3c2O)c(C)c1C.O=S(=O)=O. The van der Waals surface area contributed by atoms with Gasteiger partial charge in [-0.2, -0.15) is 15.3 Å². The number of aromatic nitrogens is 2. The highest BCUT2D eigenvalue weighted by Gasteiger charge is 2.13. The highest BCUT2D eigenvalue weighted by molar-refractivity contribution is 7.59. The molecular formula is C26H28N8O5S. The molecule has 40 heavy (non-hydrogen) atoms. The lowest BCUT2D eigenvalue weighted by Crippen LogP contribution is -2.10. The number of fused-ring (bicyclic) bond motifs is 1. The van der Waals surface area contributed by atoms with Gasteiger partial charge in [-0.05, 0) is 86.5 Å². The molecule has 0 aliphatic heterocycles. The minimum Gasteiger partial charge on any atom is -0.505 e. The van der Waals surface area contributed by atoms with E-state index >= 15 is 0 Å². The van der Waals surface area contributed by atoms with E-state index in [4.69, 9.17) is 12.6 Å². The number of hydrogen-bond acceptors (Lipinski definition) is 11. The second-order valence-corrected chi connectivity index (χ2v) is 9.31. The average Bonchev–Trinajstić information content (AvgIpc) is 3.13. The van der Waals surface area contributed by atoms with Gasteiger partial charge in [0, 0.05) is 19.5 Å². The van der Waals surface area contributed by atoms with Gasteiger partial charge in [0.2, 0.25) is 0 Å². The molecule has 1 aromatic heterocycles. The Morgan fingerprint density at radius 1 is 0.750 bits per heavy atom. The number of azo groups is 3. The van der Waals surface area contributed by atoms with Gasteiger partial charge in [-0.1, -0.05) is 6.07 Å². The first-order valence-corrected chi connectivity index (χ1v) is 12.9. The number of benzene rings is 3. The lowest BCUT2D eigenvalue weighted by Gasteiger charge is -2.11. The Labute approximate surface area is 231 Å². The minimum atomic E-state index is -3.11. The Morgan fingerprint density at radius 3 is 1.93 bits per heavy atom. The number of aromatic amines is 1. The molecular weight excluding hydrogens is 536 g/mol. The van der Waals surface area contributed by atoms with Crippen LogP contribution in [0.1, 0.15) is 27.9 Å². The zero-order valence-electron chi connectivity index (χ0n) is 23.0. The van der Waals surface area contributed by atoms with E-state index in [1.165, 1.54) is 4.68 Å². The van der Waals surface area contributed by atoms with Crippen molar-refractivity contribution in [2.45, 2.75) is 34.6 Å². The molecule has 1 heterocycles. The summed E-state index contributed by atoms with van der Waals surface area (Å²) in [4.78, 5) is 12.2. The predicted octanol–water partition coefficient (Wildman–Crippen LogP) is 6.65. The van der Waals surface area contributed by atoms with Crippen LogP contribution in [0.25, 0.3) is 10.8 Å². The van der Waals surface area contributed by atoms with E-state index in [1.54, 1.807) is 39.2 Å². The van der Waals surface area contributed by atoms with Gasteiger partial charge in [-0.15, -0.1) is 28.0 Å². The lowest BCUT2D eigenvalue weighted by atomic mass is 10.0. The number of aryl methyl sites for hydroxylation is 4. The number of phenolic OH excluding ortho intramolecular Hbond substituents is 1. The smallest absolute Gasteiger partial charge is 0.425 e. The summed E-state index contributed by atoms with van der Waals surface area (Å²) in [5.74, 6) is 0.0293. The zero-order chi connectivity index (χ0) is 29.7. The fourth-order valence-electron chi connectivity index (χ4n) is 4.12. The van der Waals surface area contributed by atoms with Crippen LogP contribution in [0.3, 0.4) is 0 Å². The quantitative estimate of drug-likeness (QED) is 0.256. The maximum atomic E-state index is 12.2. The average molecular weight is 565 g/mol. The minimum absolute atomic E-state index is 0.0293. The fraction of sp³-hybridized carbons (Fsp3) is 0.269. The van der Waals surface area contributed by atoms with Crippen LogP contribution in [-0.2, 0) is 17.7 Å². The van der Waals surface area contributed by atoms with Gasteiger partial charge in [0.1, 0.15) is 5.69 Å². The number of nitrogens with one attached hydrogen (secondary N) is 1. The van der Waals surface area contributed by atoms with Crippen LogP contribution in [-0.4, -0.2) is 34.6 Å². The van der Waals surface area contributed by atoms with Crippen LogP contribution >= 0.6 is 0 Å². The molecule has 0 aliphatic carbocycles. The van der Waals surface area contributed by atoms with E-state index in [0.29, 0.717) is 22.5 Å². The first kappa shape index (κ1) is 29.7. The summed E-state index contributed by atoms with van der Waals surface area (Å²) in [6, 6.07) is 9.03. The van der Waals surface area contributed by atoms with E-state index in [1.807, 2.05) is 39.8 Å². The Hall–Kier alpha value is -4.85. The first-order chi connectivity index (χ1) is 18.9. The van der Waals surface area contributed by atoms with Gasteiger partial charge < -0.3 is 5.11 Å². The molecule has 13 nitrogen and oxygen atoms in total. The Morgan fingerprint density at radius 2 is 1.32 bits per heavy atom. The Balaban J connectivity index is 0.00000103. The molecule has 14 heteroatoms. The number of H-pyrrole nitrogens is 1. The van der Waals surface area contributed by atoms with Crippen LogP contribution in [0.2, 0.25) is 0 Å². The summed E-state index contributed by atoms with van der Waals surface area (Å²) in [7, 11) is 0.156. The fourth-order valence-corrected chi connectivity index (χ4v) is 4.12. The number of aromatic hydroxyl groups is 1. The molecule has 3 aromatic carbocycles. The number of rotatable bonds is 5. The molecule has 0 atom stereocenters. The van der Waals surface area contributed by atoms with Gasteiger partial charge >= 0.3 is 10.6 Å². The molecule has 0 radical (unpaired) electrons. The van der Waals surface area contributed by atoms with E-state index in [0.717, 1.165) is 39.0 Å². The summed E-state index contributed by atoms with van der Waals surface area (Å²) in [5, 5.41) is 40.6. The zero-order valence-corrected chi connectivity index (χ0v) is 23.8. The third-order valence-electron chi connectivity index (χ3n) is 6.34. The van der Waals surface area contributed by atoms with E-state index in [-0.39, 0.29) is 17.0 Å². The number of phenols is 1. The third kappa shape index (κ3) is 6.23. The summed E-state index contributed by atoms with van der Waals surface area (Å²) >= 11 is 0. The molecule has 0 aliphatic rings. The molecule has 0 spiro atoms. The number of hydrogen-bond donors (Lipinski definition) is 2. The Bertz CT molecular complexity index is 1860. The molecule has 0 fully saturated rings. The topological polar surface area (TPSA) is 183 Å². The van der Waals surface area contributed by atoms with Gasteiger partial charge in [-0.25, -0.2) is 0 Å². The van der Waals surface area contributed by atoms with Crippen LogP contribution in [0.15, 0.2) is 65.8 Å². The molecule has 0 saturated heterocycles. The summed E-state index contributed by atoms with van der Waals surface area (Å²) < 4.78 is 26.7. The van der Waals surface area contributed by atoms with Gasteiger partial charge in [-0.3, -0.25) is 14.6 Å². The molecule has 0 bridgehead atoms. The number of nitrogens with zero attached hydrogens (tertiary/aromatic N) is 7. The van der Waals surface area contributed by atoms with Crippen molar-refractivity contribution in [2.24, 2.45) is 37.7 Å². The first-order valence-electron chi connectivity index (χ1n) is 11.9. The van der Waals surface area contributed by atoms with Gasteiger partial charge in [0.15, 0.2) is 11.4 Å². The molecule has 2 N–H and O–H groups in total. The summed E-state index contributed by atoms with van der Waals surface area (Å²) in [5.41, 5.74) is 6.84. The molecule has 4 rings (SSSR count). The van der Waals surface area contributed by atoms with Crippen molar-refractivity contribution in [1.29, 1.82) is 0 Å². The van der Waals surface area contributed by atoms with Crippen LogP contribution < -0.4 is 5.56 Å². The summed E-state index contributed by atoms with van der Waals surface area (Å²) in [6.07, 6.45) is 0. The van der Waals surface area contributed by atoms with Gasteiger partial charge in [0.05, 0.1) is 22.8 Å². The van der Waals surface area contributed by atoms with E-state index in [2.05, 4.69) is 35.8 Å². The maximum absolute atomic E-state index is 12.2. The highest BCUT2D eigenvalue weighted by atomic mass is 32.2. The van der Waals surface area contributed by atoms with E-state index in [9.17, 15) is 9.90 Å². The van der Waals surface area contributed by atoms with Crippen molar-refractivity contribution in [1.82, 2.24) is 9.78 Å². The van der Waals surface area contributed by atoms with Crippen molar-refractivity contribution in [3.05, 3.63) is 68.6 Å². The molecule has 0 unspecified atom stereocenters. The van der Waals surface area contributed by atoms with Crippen molar-refractivity contribution in [3.8, 4) is 5.75 Å². The predicted molar refractivity (Wildman–Crippen MR) is 150 cm³/mol. The van der Waals surface area contributed by atoms with Crippen molar-refractivity contribution in [3.63, 3.8) is 0 Å². The van der Waals surface area contributed by atoms with Crippen molar-refractivity contribution < 1.29 is 17.7 Å². The maximum Gasteiger partial charge on any atom is 0.425 e. The normalized spacial score (nSPS) is 11.6. The second kappa shape index (κ2) is 12.3. The Kier molecular flexibility index (Phi) is 9.16. The standard InChI is InChI=1S/C26H28N8O2.O3S/c1-13-12-22(28-27-6)14(2)15(3)23(13)31-30-21-11-8-18-16(4)20(10-9-19(18)25(21)35)29-32-24-17(5)33-34(7)26(24)36;1-4(2)3/h8-12,33,35H,1-7H3;. The van der Waals surface area contributed by atoms with Crippen molar-refractivity contribution >= 4 is 49.8 Å². The van der Waals surface area contributed by atoms with Crippen LogP contribution in [0, 0.1) is 34.6 Å². The third-order valence-corrected chi connectivity index (χ3v) is 6.34. The molecule has 4 aromatic rings. The lowest BCUT2D eigenvalue weighted by molar-refractivity contribution is 0.482. The highest BCUT2D eigenvalue weighted by Crippen LogP contribution is 2.40. The van der Waals surface area contributed by atoms with E-state index < -0.39 is 10.6 Å². The second-order valence-electron chi connectivity index (χ2n) is 8.90. The van der Waals surface area contributed by atoms with Crippen molar-refractivity contribution in [2.75, 3.05) is 7.05 Å². The van der Waals surface area contributed by atoms with Crippen LogP contribution in [0.5, 0.6) is 5.75 Å². The largest absolute Gasteiger partial charge is 0.505 e.